The molecule has 3 nitrogen and oxygen atoms in total. The predicted octanol–water partition coefficient (Wildman–Crippen LogP) is 5.22. The van der Waals surface area contributed by atoms with E-state index in [0.717, 1.165) is 28.8 Å². The van der Waals surface area contributed by atoms with E-state index in [1.807, 2.05) is 32.0 Å². The zero-order chi connectivity index (χ0) is 19.8. The van der Waals surface area contributed by atoms with Crippen molar-refractivity contribution in [3.8, 4) is 28.5 Å². The van der Waals surface area contributed by atoms with E-state index >= 15 is 0 Å². The van der Waals surface area contributed by atoms with Crippen LogP contribution in [-0.2, 0) is 6.18 Å². The normalized spacial score (nSPS) is 11.3. The molecule has 0 aliphatic carbocycles. The minimum absolute atomic E-state index is 0.166. The van der Waals surface area contributed by atoms with E-state index in [2.05, 4.69) is 4.98 Å². The molecule has 0 saturated heterocycles. The zero-order valence-electron chi connectivity index (χ0n) is 14.6. The Labute approximate surface area is 153 Å². The van der Waals surface area contributed by atoms with Crippen LogP contribution in [0.4, 0.5) is 13.2 Å². The van der Waals surface area contributed by atoms with E-state index in [0.29, 0.717) is 5.69 Å². The number of rotatable bonds is 2. The predicted molar refractivity (Wildman–Crippen MR) is 97.1 cm³/mol. The quantitative estimate of drug-likeness (QED) is 0.674. The molecule has 1 N–H and O–H groups in total. The molecule has 0 amide bonds. The highest BCUT2D eigenvalue weighted by molar-refractivity contribution is 5.76. The number of alkyl halides is 3. The Hall–Kier alpha value is -3.33. The lowest BCUT2D eigenvalue weighted by molar-refractivity contribution is -0.137. The van der Waals surface area contributed by atoms with Gasteiger partial charge in [-0.1, -0.05) is 29.8 Å². The van der Waals surface area contributed by atoms with Gasteiger partial charge in [0.15, 0.2) is 0 Å². The average molecular weight is 368 g/mol. The zero-order valence-corrected chi connectivity index (χ0v) is 14.6. The molecule has 2 aromatic carbocycles. The molecule has 3 rings (SSSR count). The van der Waals surface area contributed by atoms with Gasteiger partial charge in [-0.15, -0.1) is 0 Å². The third-order valence-electron chi connectivity index (χ3n) is 4.33. The fraction of sp³-hybridized carbons (Fsp3) is 0.143. The van der Waals surface area contributed by atoms with Gasteiger partial charge < -0.3 is 4.98 Å². The highest BCUT2D eigenvalue weighted by atomic mass is 19.4. The van der Waals surface area contributed by atoms with Crippen LogP contribution in [0.3, 0.4) is 0 Å². The Bertz CT molecular complexity index is 1120. The number of nitriles is 1. The maximum absolute atomic E-state index is 13.1. The van der Waals surface area contributed by atoms with Gasteiger partial charge >= 0.3 is 6.18 Å². The molecule has 27 heavy (non-hydrogen) atoms. The van der Waals surface area contributed by atoms with E-state index in [-0.39, 0.29) is 16.7 Å². The van der Waals surface area contributed by atoms with E-state index in [9.17, 15) is 23.2 Å². The maximum atomic E-state index is 13.1. The lowest BCUT2D eigenvalue weighted by atomic mass is 9.95. The van der Waals surface area contributed by atoms with Gasteiger partial charge in [0.1, 0.15) is 11.6 Å². The number of H-pyrrole nitrogens is 1. The molecule has 0 bridgehead atoms. The smallest absolute Gasteiger partial charge is 0.321 e. The maximum Gasteiger partial charge on any atom is 0.416 e. The van der Waals surface area contributed by atoms with E-state index in [4.69, 9.17) is 0 Å². The summed E-state index contributed by atoms with van der Waals surface area (Å²) in [6.07, 6.45) is -4.51. The van der Waals surface area contributed by atoms with Gasteiger partial charge in [-0.2, -0.15) is 18.4 Å². The first-order valence-electron chi connectivity index (χ1n) is 8.13. The van der Waals surface area contributed by atoms with Crippen LogP contribution in [0.5, 0.6) is 0 Å². The van der Waals surface area contributed by atoms with E-state index in [1.54, 1.807) is 12.1 Å². The molecule has 0 aliphatic heterocycles. The van der Waals surface area contributed by atoms with Crippen LogP contribution in [0.2, 0.25) is 0 Å². The number of benzene rings is 2. The first kappa shape index (κ1) is 18.5. The minimum Gasteiger partial charge on any atom is -0.321 e. The highest BCUT2D eigenvalue weighted by Crippen LogP contribution is 2.34. The van der Waals surface area contributed by atoms with Gasteiger partial charge in [-0.05, 0) is 49.2 Å². The minimum atomic E-state index is -4.51. The second kappa shape index (κ2) is 6.76. The van der Waals surface area contributed by atoms with Crippen molar-refractivity contribution in [3.63, 3.8) is 0 Å². The average Bonchev–Trinajstić information content (AvgIpc) is 2.62. The van der Waals surface area contributed by atoms with Gasteiger partial charge in [0, 0.05) is 16.8 Å². The van der Waals surface area contributed by atoms with Gasteiger partial charge in [0.2, 0.25) is 0 Å². The molecule has 0 spiro atoms. The van der Waals surface area contributed by atoms with Crippen LogP contribution in [0.15, 0.2) is 53.3 Å². The third-order valence-corrected chi connectivity index (χ3v) is 4.33. The summed E-state index contributed by atoms with van der Waals surface area (Å²) in [5.41, 5.74) is 1.72. The van der Waals surface area contributed by atoms with Crippen molar-refractivity contribution in [3.05, 3.63) is 81.1 Å². The molecular weight excluding hydrogens is 353 g/mol. The van der Waals surface area contributed by atoms with Gasteiger partial charge in [0.05, 0.1) is 5.56 Å². The van der Waals surface area contributed by atoms with Crippen LogP contribution < -0.4 is 5.56 Å². The Morgan fingerprint density at radius 1 is 1.00 bits per heavy atom. The van der Waals surface area contributed by atoms with Crippen molar-refractivity contribution in [2.75, 3.05) is 0 Å². The van der Waals surface area contributed by atoms with Gasteiger partial charge in [0.25, 0.3) is 5.56 Å². The van der Waals surface area contributed by atoms with Crippen molar-refractivity contribution in [1.29, 1.82) is 5.26 Å². The number of halogens is 3. The second-order valence-electron chi connectivity index (χ2n) is 6.31. The van der Waals surface area contributed by atoms with Crippen molar-refractivity contribution in [1.82, 2.24) is 4.98 Å². The largest absolute Gasteiger partial charge is 0.416 e. The standard InChI is InChI=1S/C21H15F3N2O/c1-12-6-7-13(2)16(8-12)19-10-17(18(11-25)20(27)26-19)14-4-3-5-15(9-14)21(22,23)24/h3-10H,1-2H3,(H,26,27). The van der Waals surface area contributed by atoms with Crippen LogP contribution in [0.1, 0.15) is 22.3 Å². The van der Waals surface area contributed by atoms with Gasteiger partial charge in [-0.3, -0.25) is 4.79 Å². The molecule has 6 heteroatoms. The Morgan fingerprint density at radius 3 is 2.41 bits per heavy atom. The number of aromatic amines is 1. The molecule has 3 aromatic rings. The number of pyridine rings is 1. The molecule has 0 unspecified atom stereocenters. The second-order valence-corrected chi connectivity index (χ2v) is 6.31. The Kier molecular flexibility index (Phi) is 4.63. The molecular formula is C21H15F3N2O. The molecule has 0 aliphatic rings. The third kappa shape index (κ3) is 3.63. The van der Waals surface area contributed by atoms with Crippen LogP contribution >= 0.6 is 0 Å². The van der Waals surface area contributed by atoms with Crippen molar-refractivity contribution in [2.45, 2.75) is 20.0 Å². The summed E-state index contributed by atoms with van der Waals surface area (Å²) < 4.78 is 39.2. The molecule has 136 valence electrons. The molecule has 0 atom stereocenters. The van der Waals surface area contributed by atoms with Crippen molar-refractivity contribution >= 4 is 0 Å². The summed E-state index contributed by atoms with van der Waals surface area (Å²) >= 11 is 0. The highest BCUT2D eigenvalue weighted by Gasteiger charge is 2.30. The molecule has 1 heterocycles. The molecule has 0 saturated carbocycles. The number of aryl methyl sites for hydroxylation is 2. The van der Waals surface area contributed by atoms with Crippen LogP contribution in [0, 0.1) is 25.2 Å². The lowest BCUT2D eigenvalue weighted by Gasteiger charge is -2.12. The summed E-state index contributed by atoms with van der Waals surface area (Å²) in [4.78, 5) is 15.1. The fourth-order valence-electron chi connectivity index (χ4n) is 2.93. The first-order valence-corrected chi connectivity index (χ1v) is 8.13. The Balaban J connectivity index is 2.28. The summed E-state index contributed by atoms with van der Waals surface area (Å²) in [6.45, 7) is 3.77. The fourth-order valence-corrected chi connectivity index (χ4v) is 2.93. The lowest BCUT2D eigenvalue weighted by Crippen LogP contribution is -2.13. The van der Waals surface area contributed by atoms with Crippen LogP contribution in [0.25, 0.3) is 22.4 Å². The summed E-state index contributed by atoms with van der Waals surface area (Å²) in [5.74, 6) is 0. The number of nitrogens with one attached hydrogen (secondary N) is 1. The summed E-state index contributed by atoms with van der Waals surface area (Å²) in [7, 11) is 0. The number of aromatic nitrogens is 1. The SMILES string of the molecule is Cc1ccc(C)c(-c2cc(-c3cccc(C(F)(F)F)c3)c(C#N)c(=O)[nH]2)c1. The van der Waals surface area contributed by atoms with Gasteiger partial charge in [-0.25, -0.2) is 0 Å². The molecule has 1 aromatic heterocycles. The van der Waals surface area contributed by atoms with Crippen molar-refractivity contribution in [2.24, 2.45) is 0 Å². The molecule has 0 fully saturated rings. The van der Waals surface area contributed by atoms with E-state index in [1.165, 1.54) is 12.1 Å². The monoisotopic (exact) mass is 368 g/mol. The number of hydrogen-bond donors (Lipinski definition) is 1. The van der Waals surface area contributed by atoms with Crippen LogP contribution in [-0.4, -0.2) is 4.98 Å². The van der Waals surface area contributed by atoms with E-state index < -0.39 is 17.3 Å². The van der Waals surface area contributed by atoms with Crippen molar-refractivity contribution < 1.29 is 13.2 Å². The molecule has 0 radical (unpaired) electrons. The topological polar surface area (TPSA) is 56.6 Å². The summed E-state index contributed by atoms with van der Waals surface area (Å²) in [5, 5.41) is 9.36. The number of hydrogen-bond acceptors (Lipinski definition) is 2. The first-order chi connectivity index (χ1) is 12.7. The summed E-state index contributed by atoms with van der Waals surface area (Å²) in [6, 6.07) is 13.7. The number of nitrogens with zero attached hydrogens (tertiary/aromatic N) is 1. The Morgan fingerprint density at radius 2 is 1.74 bits per heavy atom.